The maximum Gasteiger partial charge on any atom is 0.326 e. The van der Waals surface area contributed by atoms with Gasteiger partial charge in [-0.2, -0.15) is 0 Å². The topological polar surface area (TPSA) is 147 Å². The number of Topliss-reactive ketones (excluding diaryl/α,β-unsaturated/α-hetero) is 1. The number of esters is 1. The van der Waals surface area contributed by atoms with E-state index in [1.54, 1.807) is 13.8 Å². The summed E-state index contributed by atoms with van der Waals surface area (Å²) in [5.41, 5.74) is -0.908. The molecule has 0 aliphatic heterocycles. The van der Waals surface area contributed by atoms with Crippen LogP contribution in [-0.2, 0) is 28.7 Å². The molecule has 7 atom stereocenters. The highest BCUT2D eigenvalue weighted by Crippen LogP contribution is 2.67. The number of rotatable bonds is 9. The predicted octanol–water partition coefficient (Wildman–Crippen LogP) is 3.37. The SMILES string of the molecule is CC(C)C(NC(=O)CCC(=O)OCC(=O)[C@@]1(O)CCC2C3CCC4=CC(=O)CC[C@]4(C)C3CC[C@@]21C)C(=O)O. The van der Waals surface area contributed by atoms with Crippen LogP contribution in [0.2, 0.25) is 0 Å². The molecule has 0 radical (unpaired) electrons. The van der Waals surface area contributed by atoms with Crippen LogP contribution in [0.3, 0.4) is 0 Å². The lowest BCUT2D eigenvalue weighted by molar-refractivity contribution is -0.170. The minimum absolute atomic E-state index is 0.00431. The third-order valence-corrected chi connectivity index (χ3v) is 10.7. The van der Waals surface area contributed by atoms with Gasteiger partial charge in [-0.05, 0) is 80.1 Å². The Balaban J connectivity index is 1.34. The molecular formula is C30H43NO8. The number of allylic oxidation sites excluding steroid dienone is 1. The number of fused-ring (bicyclic) bond motifs is 5. The Kier molecular flexibility index (Phi) is 8.14. The molecule has 0 saturated heterocycles. The number of hydrogen-bond acceptors (Lipinski definition) is 7. The number of ketones is 2. The van der Waals surface area contributed by atoms with Crippen molar-refractivity contribution >= 4 is 29.4 Å². The molecule has 1 amide bonds. The van der Waals surface area contributed by atoms with Crippen LogP contribution in [0.25, 0.3) is 0 Å². The first-order valence-electron chi connectivity index (χ1n) is 14.4. The van der Waals surface area contributed by atoms with Crippen molar-refractivity contribution in [3.63, 3.8) is 0 Å². The molecule has 0 aromatic rings. The van der Waals surface area contributed by atoms with Crippen molar-refractivity contribution in [3.05, 3.63) is 11.6 Å². The lowest BCUT2D eigenvalue weighted by Crippen LogP contribution is -2.58. The smallest absolute Gasteiger partial charge is 0.326 e. The third kappa shape index (κ3) is 5.19. The number of carbonyl (C=O) groups excluding carboxylic acids is 4. The second-order valence-corrected chi connectivity index (χ2v) is 13.0. The van der Waals surface area contributed by atoms with Crippen LogP contribution < -0.4 is 5.32 Å². The average molecular weight is 546 g/mol. The summed E-state index contributed by atoms with van der Waals surface area (Å²) >= 11 is 0. The summed E-state index contributed by atoms with van der Waals surface area (Å²) in [6, 6.07) is -1.05. The van der Waals surface area contributed by atoms with E-state index in [-0.39, 0.29) is 35.9 Å². The van der Waals surface area contributed by atoms with Crippen molar-refractivity contribution in [1.82, 2.24) is 5.32 Å². The summed E-state index contributed by atoms with van der Waals surface area (Å²) in [4.78, 5) is 61.0. The van der Waals surface area contributed by atoms with Crippen LogP contribution in [0.4, 0.5) is 0 Å². The van der Waals surface area contributed by atoms with E-state index in [1.807, 2.05) is 13.0 Å². The number of carboxylic acid groups (broad SMARTS) is 1. The summed E-state index contributed by atoms with van der Waals surface area (Å²) in [5, 5.41) is 23.3. The predicted molar refractivity (Wildman–Crippen MR) is 141 cm³/mol. The maximum atomic E-state index is 13.3. The molecule has 0 bridgehead atoms. The van der Waals surface area contributed by atoms with Gasteiger partial charge in [-0.1, -0.05) is 33.3 Å². The van der Waals surface area contributed by atoms with Crippen molar-refractivity contribution in [2.75, 3.05) is 6.61 Å². The molecule has 4 unspecified atom stereocenters. The van der Waals surface area contributed by atoms with Gasteiger partial charge in [-0.25, -0.2) is 4.79 Å². The number of nitrogens with one attached hydrogen (secondary N) is 1. The third-order valence-electron chi connectivity index (χ3n) is 10.7. The standard InChI is InChI=1S/C30H43NO8/c1-17(2)26(27(36)37)31-24(34)7-8-25(35)39-16-23(33)30(38)14-11-22-20-6-5-18-15-19(32)9-12-28(18,3)21(20)10-13-29(22,30)4/h15,17,20-22,26,38H,5-14,16H2,1-4H3,(H,31,34)(H,36,37)/t20?,21?,22?,26?,28-,29-,30-/m0/s1. The molecule has 3 saturated carbocycles. The molecule has 9 heteroatoms. The van der Waals surface area contributed by atoms with E-state index in [0.717, 1.165) is 32.1 Å². The Morgan fingerprint density at radius 3 is 2.38 bits per heavy atom. The Labute approximate surface area is 230 Å². The van der Waals surface area contributed by atoms with E-state index in [1.165, 1.54) is 5.57 Å². The van der Waals surface area contributed by atoms with E-state index >= 15 is 0 Å². The fraction of sp³-hybridized carbons (Fsp3) is 0.767. The Morgan fingerprint density at radius 1 is 1.03 bits per heavy atom. The summed E-state index contributed by atoms with van der Waals surface area (Å²) in [6.07, 6.45) is 7.28. The second kappa shape index (κ2) is 10.8. The summed E-state index contributed by atoms with van der Waals surface area (Å²) < 4.78 is 5.18. The zero-order chi connectivity index (χ0) is 28.8. The van der Waals surface area contributed by atoms with Gasteiger partial charge in [-0.3, -0.25) is 19.2 Å². The number of hydrogen-bond donors (Lipinski definition) is 3. The van der Waals surface area contributed by atoms with Gasteiger partial charge in [0.25, 0.3) is 0 Å². The highest BCUT2D eigenvalue weighted by molar-refractivity contribution is 5.92. The molecule has 3 N–H and O–H groups in total. The van der Waals surface area contributed by atoms with Crippen molar-refractivity contribution in [3.8, 4) is 0 Å². The van der Waals surface area contributed by atoms with Gasteiger partial charge in [0.05, 0.1) is 6.42 Å². The molecule has 3 fully saturated rings. The number of amides is 1. The lowest BCUT2D eigenvalue weighted by atomic mass is 9.46. The second-order valence-electron chi connectivity index (χ2n) is 13.0. The normalized spacial score (nSPS) is 36.2. The summed E-state index contributed by atoms with van der Waals surface area (Å²) in [7, 11) is 0. The van der Waals surface area contributed by atoms with Gasteiger partial charge in [-0.15, -0.1) is 0 Å². The zero-order valence-electron chi connectivity index (χ0n) is 23.6. The molecule has 39 heavy (non-hydrogen) atoms. The van der Waals surface area contributed by atoms with E-state index in [2.05, 4.69) is 12.2 Å². The molecule has 0 aromatic heterocycles. The monoisotopic (exact) mass is 545 g/mol. The first kappa shape index (κ1) is 29.4. The molecule has 216 valence electrons. The Bertz CT molecular complexity index is 1080. The van der Waals surface area contributed by atoms with Crippen molar-refractivity contribution in [2.45, 2.75) is 104 Å². The van der Waals surface area contributed by atoms with Crippen LogP contribution in [-0.4, -0.2) is 57.9 Å². The zero-order valence-corrected chi connectivity index (χ0v) is 23.6. The fourth-order valence-electron chi connectivity index (χ4n) is 8.35. The number of carbonyl (C=O) groups is 5. The highest BCUT2D eigenvalue weighted by Gasteiger charge is 2.66. The minimum Gasteiger partial charge on any atom is -0.480 e. The van der Waals surface area contributed by atoms with Gasteiger partial charge in [0.2, 0.25) is 11.7 Å². The van der Waals surface area contributed by atoms with Crippen LogP contribution in [0.15, 0.2) is 11.6 Å². The quantitative estimate of drug-likeness (QED) is 0.374. The fourth-order valence-corrected chi connectivity index (χ4v) is 8.35. The van der Waals surface area contributed by atoms with Crippen molar-refractivity contribution in [1.29, 1.82) is 0 Å². The van der Waals surface area contributed by atoms with Gasteiger partial charge in [0, 0.05) is 18.3 Å². The molecule has 0 spiro atoms. The van der Waals surface area contributed by atoms with Crippen LogP contribution in [0, 0.1) is 34.5 Å². The number of aliphatic hydroxyl groups is 1. The lowest BCUT2D eigenvalue weighted by Gasteiger charge is -2.58. The molecular weight excluding hydrogens is 502 g/mol. The summed E-state index contributed by atoms with van der Waals surface area (Å²) in [6.45, 7) is 7.10. The Morgan fingerprint density at radius 2 is 1.72 bits per heavy atom. The van der Waals surface area contributed by atoms with Crippen LogP contribution in [0.1, 0.15) is 91.9 Å². The molecule has 0 heterocycles. The van der Waals surface area contributed by atoms with Crippen molar-refractivity contribution in [2.24, 2.45) is 34.5 Å². The first-order chi connectivity index (χ1) is 18.2. The maximum absolute atomic E-state index is 13.3. The van der Waals surface area contributed by atoms with E-state index in [9.17, 15) is 34.2 Å². The van der Waals surface area contributed by atoms with Gasteiger partial charge in [0.1, 0.15) is 11.6 Å². The van der Waals surface area contributed by atoms with E-state index < -0.39 is 47.3 Å². The number of aliphatic carboxylic acids is 1. The van der Waals surface area contributed by atoms with Gasteiger partial charge >= 0.3 is 11.9 Å². The average Bonchev–Trinajstić information content (AvgIpc) is 3.16. The first-order valence-corrected chi connectivity index (χ1v) is 14.4. The van der Waals surface area contributed by atoms with Crippen LogP contribution in [0.5, 0.6) is 0 Å². The van der Waals surface area contributed by atoms with E-state index in [0.29, 0.717) is 31.1 Å². The van der Waals surface area contributed by atoms with Crippen molar-refractivity contribution < 1.29 is 38.9 Å². The van der Waals surface area contributed by atoms with Crippen LogP contribution >= 0.6 is 0 Å². The van der Waals surface area contributed by atoms with E-state index in [4.69, 9.17) is 4.74 Å². The minimum atomic E-state index is -1.58. The number of ether oxygens (including phenoxy) is 1. The van der Waals surface area contributed by atoms with Gasteiger partial charge in [0.15, 0.2) is 12.4 Å². The molecule has 9 nitrogen and oxygen atoms in total. The molecule has 0 aromatic carbocycles. The summed E-state index contributed by atoms with van der Waals surface area (Å²) in [5.74, 6) is -2.07. The molecule has 4 rings (SSSR count). The largest absolute Gasteiger partial charge is 0.480 e. The number of carboxylic acids is 1. The molecule has 4 aliphatic rings. The Hall–Kier alpha value is -2.55. The molecule has 4 aliphatic carbocycles. The highest BCUT2D eigenvalue weighted by atomic mass is 16.5. The van der Waals surface area contributed by atoms with Gasteiger partial charge < -0.3 is 20.3 Å².